The van der Waals surface area contributed by atoms with Gasteiger partial charge in [0.1, 0.15) is 5.75 Å². The Kier molecular flexibility index (Phi) is 7.85. The SMILES string of the molecule is Cc1ccc(OCCC(=O)NCCC(=O)Nc2cc(Br)ccc2C)c(C)c1. The summed E-state index contributed by atoms with van der Waals surface area (Å²) in [7, 11) is 0. The average molecular weight is 433 g/mol. The Morgan fingerprint density at radius 2 is 1.74 bits per heavy atom. The first-order valence-electron chi connectivity index (χ1n) is 8.88. The Hall–Kier alpha value is -2.34. The molecule has 0 unspecified atom stereocenters. The fourth-order valence-electron chi connectivity index (χ4n) is 2.56. The molecule has 6 heteroatoms. The van der Waals surface area contributed by atoms with E-state index in [4.69, 9.17) is 4.74 Å². The summed E-state index contributed by atoms with van der Waals surface area (Å²) < 4.78 is 6.55. The Morgan fingerprint density at radius 3 is 2.48 bits per heavy atom. The topological polar surface area (TPSA) is 67.4 Å². The number of carbonyl (C=O) groups is 2. The highest BCUT2D eigenvalue weighted by Crippen LogP contribution is 2.21. The predicted octanol–water partition coefficient (Wildman–Crippen LogP) is 4.29. The molecule has 0 saturated carbocycles. The van der Waals surface area contributed by atoms with Crippen LogP contribution in [0.4, 0.5) is 5.69 Å². The standard InChI is InChI=1S/C21H25BrN2O3/c1-14-4-7-19(16(3)12-14)27-11-9-20(25)23-10-8-21(26)24-18-13-17(22)6-5-15(18)2/h4-7,12-13H,8-11H2,1-3H3,(H,23,25)(H,24,26). The van der Waals surface area contributed by atoms with E-state index in [1.165, 1.54) is 5.56 Å². The van der Waals surface area contributed by atoms with E-state index >= 15 is 0 Å². The van der Waals surface area contributed by atoms with Crippen molar-refractivity contribution in [2.45, 2.75) is 33.6 Å². The second-order valence-electron chi connectivity index (χ2n) is 6.47. The molecular weight excluding hydrogens is 408 g/mol. The summed E-state index contributed by atoms with van der Waals surface area (Å²) in [5, 5.41) is 5.60. The van der Waals surface area contributed by atoms with Crippen molar-refractivity contribution >= 4 is 33.4 Å². The summed E-state index contributed by atoms with van der Waals surface area (Å²) in [5.41, 5.74) is 3.98. The van der Waals surface area contributed by atoms with Gasteiger partial charge in [0.25, 0.3) is 0 Å². The number of hydrogen-bond donors (Lipinski definition) is 2. The number of nitrogens with one attached hydrogen (secondary N) is 2. The van der Waals surface area contributed by atoms with Gasteiger partial charge in [0, 0.05) is 23.1 Å². The normalized spacial score (nSPS) is 10.4. The van der Waals surface area contributed by atoms with Gasteiger partial charge in [-0.25, -0.2) is 0 Å². The zero-order valence-electron chi connectivity index (χ0n) is 15.9. The summed E-state index contributed by atoms with van der Waals surface area (Å²) in [5.74, 6) is 0.520. The van der Waals surface area contributed by atoms with Crippen LogP contribution in [0.3, 0.4) is 0 Å². The number of aryl methyl sites for hydroxylation is 3. The van der Waals surface area contributed by atoms with Crippen LogP contribution < -0.4 is 15.4 Å². The first-order valence-corrected chi connectivity index (χ1v) is 9.67. The minimum atomic E-state index is -0.136. The maximum Gasteiger partial charge on any atom is 0.226 e. The molecule has 0 aliphatic carbocycles. The maximum atomic E-state index is 12.0. The van der Waals surface area contributed by atoms with Crippen molar-refractivity contribution in [3.63, 3.8) is 0 Å². The van der Waals surface area contributed by atoms with Gasteiger partial charge in [-0.05, 0) is 50.1 Å². The molecule has 0 radical (unpaired) electrons. The Balaban J connectivity index is 1.66. The molecule has 2 N–H and O–H groups in total. The fraction of sp³-hybridized carbons (Fsp3) is 0.333. The summed E-state index contributed by atoms with van der Waals surface area (Å²) in [6, 6.07) is 11.6. The average Bonchev–Trinajstić information content (AvgIpc) is 2.60. The van der Waals surface area contributed by atoms with Crippen molar-refractivity contribution in [2.24, 2.45) is 0 Å². The van der Waals surface area contributed by atoms with Crippen LogP contribution in [0.15, 0.2) is 40.9 Å². The molecule has 0 atom stereocenters. The van der Waals surface area contributed by atoms with Crippen molar-refractivity contribution in [1.29, 1.82) is 0 Å². The smallest absolute Gasteiger partial charge is 0.226 e. The minimum Gasteiger partial charge on any atom is -0.493 e. The van der Waals surface area contributed by atoms with Crippen LogP contribution in [0.5, 0.6) is 5.75 Å². The highest BCUT2D eigenvalue weighted by atomic mass is 79.9. The molecule has 0 heterocycles. The van der Waals surface area contributed by atoms with Crippen molar-refractivity contribution < 1.29 is 14.3 Å². The number of halogens is 1. The van der Waals surface area contributed by atoms with Crippen LogP contribution in [-0.4, -0.2) is 25.0 Å². The van der Waals surface area contributed by atoms with E-state index in [1.54, 1.807) is 0 Å². The molecule has 2 amide bonds. The first kappa shape index (κ1) is 21.0. The number of hydrogen-bond acceptors (Lipinski definition) is 3. The van der Waals surface area contributed by atoms with Crippen molar-refractivity contribution in [3.05, 3.63) is 57.6 Å². The molecule has 0 spiro atoms. The third kappa shape index (κ3) is 7.06. The number of amides is 2. The minimum absolute atomic E-state index is 0.133. The van der Waals surface area contributed by atoms with Gasteiger partial charge >= 0.3 is 0 Å². The van der Waals surface area contributed by atoms with Gasteiger partial charge in [-0.2, -0.15) is 0 Å². The maximum absolute atomic E-state index is 12.0. The largest absolute Gasteiger partial charge is 0.493 e. The van der Waals surface area contributed by atoms with Crippen molar-refractivity contribution in [1.82, 2.24) is 5.32 Å². The molecule has 27 heavy (non-hydrogen) atoms. The van der Waals surface area contributed by atoms with Crippen LogP contribution in [0, 0.1) is 20.8 Å². The molecule has 0 fully saturated rings. The predicted molar refractivity (Wildman–Crippen MR) is 111 cm³/mol. The molecule has 5 nitrogen and oxygen atoms in total. The molecule has 0 aliphatic heterocycles. The van der Waals surface area contributed by atoms with Crippen molar-refractivity contribution in [3.8, 4) is 5.75 Å². The molecule has 144 valence electrons. The van der Waals surface area contributed by atoms with Crippen molar-refractivity contribution in [2.75, 3.05) is 18.5 Å². The van der Waals surface area contributed by atoms with Gasteiger partial charge in [0.2, 0.25) is 11.8 Å². The number of carbonyl (C=O) groups excluding carboxylic acids is 2. The molecule has 0 bridgehead atoms. The van der Waals surface area contributed by atoms with E-state index in [-0.39, 0.29) is 24.7 Å². The third-order valence-electron chi connectivity index (χ3n) is 4.07. The number of anilines is 1. The molecule has 2 rings (SSSR count). The van der Waals surface area contributed by atoms with Crippen LogP contribution in [0.25, 0.3) is 0 Å². The lowest BCUT2D eigenvalue weighted by molar-refractivity contribution is -0.121. The Labute approximate surface area is 168 Å². The van der Waals surface area contributed by atoms with E-state index in [0.717, 1.165) is 27.0 Å². The fourth-order valence-corrected chi connectivity index (χ4v) is 2.92. The summed E-state index contributed by atoms with van der Waals surface area (Å²) in [6.45, 7) is 6.53. The quantitative estimate of drug-likeness (QED) is 0.653. The van der Waals surface area contributed by atoms with E-state index < -0.39 is 0 Å². The molecular formula is C21H25BrN2O3. The summed E-state index contributed by atoms with van der Waals surface area (Å²) in [4.78, 5) is 23.9. The van der Waals surface area contributed by atoms with Crippen LogP contribution >= 0.6 is 15.9 Å². The second-order valence-corrected chi connectivity index (χ2v) is 7.39. The lowest BCUT2D eigenvalue weighted by atomic mass is 10.1. The molecule has 2 aromatic carbocycles. The third-order valence-corrected chi connectivity index (χ3v) is 4.56. The Bertz CT molecular complexity index is 821. The van der Waals surface area contributed by atoms with Gasteiger partial charge in [0.15, 0.2) is 0 Å². The van der Waals surface area contributed by atoms with Gasteiger partial charge in [0.05, 0.1) is 13.0 Å². The summed E-state index contributed by atoms with van der Waals surface area (Å²) >= 11 is 3.39. The molecule has 0 aliphatic rings. The highest BCUT2D eigenvalue weighted by Gasteiger charge is 2.08. The van der Waals surface area contributed by atoms with Crippen LogP contribution in [0.1, 0.15) is 29.5 Å². The van der Waals surface area contributed by atoms with Crippen LogP contribution in [-0.2, 0) is 9.59 Å². The zero-order valence-corrected chi connectivity index (χ0v) is 17.5. The van der Waals surface area contributed by atoms with Gasteiger partial charge < -0.3 is 15.4 Å². The van der Waals surface area contributed by atoms with E-state index in [2.05, 4.69) is 26.6 Å². The first-order chi connectivity index (χ1) is 12.8. The number of benzene rings is 2. The van der Waals surface area contributed by atoms with Gasteiger partial charge in [-0.3, -0.25) is 9.59 Å². The molecule has 2 aromatic rings. The molecule has 0 aromatic heterocycles. The monoisotopic (exact) mass is 432 g/mol. The van der Waals surface area contributed by atoms with E-state index in [0.29, 0.717) is 13.2 Å². The lowest BCUT2D eigenvalue weighted by Crippen LogP contribution is -2.28. The Morgan fingerprint density at radius 1 is 0.963 bits per heavy atom. The molecule has 0 saturated heterocycles. The van der Waals surface area contributed by atoms with Gasteiger partial charge in [-0.15, -0.1) is 0 Å². The lowest BCUT2D eigenvalue weighted by Gasteiger charge is -2.11. The van der Waals surface area contributed by atoms with E-state index in [1.807, 2.05) is 57.2 Å². The summed E-state index contributed by atoms with van der Waals surface area (Å²) in [6.07, 6.45) is 0.468. The zero-order chi connectivity index (χ0) is 19.8. The second kappa shape index (κ2) is 10.1. The van der Waals surface area contributed by atoms with Gasteiger partial charge in [-0.1, -0.05) is 39.7 Å². The number of rotatable bonds is 8. The number of ether oxygens (including phenoxy) is 1. The van der Waals surface area contributed by atoms with Crippen LogP contribution in [0.2, 0.25) is 0 Å². The highest BCUT2D eigenvalue weighted by molar-refractivity contribution is 9.10. The van der Waals surface area contributed by atoms with E-state index in [9.17, 15) is 9.59 Å².